The SMILES string of the molecule is C[C@@H](CN)NC(=O)CCCc1ncc(-c2ccccc2)o1.Cl.Cl. The third-order valence-corrected chi connectivity index (χ3v) is 3.17. The van der Waals surface area contributed by atoms with E-state index in [9.17, 15) is 4.79 Å². The Morgan fingerprint density at radius 1 is 1.30 bits per heavy atom. The molecule has 7 heteroatoms. The van der Waals surface area contributed by atoms with Crippen molar-refractivity contribution in [2.45, 2.75) is 32.2 Å². The van der Waals surface area contributed by atoms with E-state index in [1.807, 2.05) is 37.3 Å². The first kappa shape index (κ1) is 21.4. The molecule has 0 radical (unpaired) electrons. The van der Waals surface area contributed by atoms with Crippen molar-refractivity contribution in [2.75, 3.05) is 6.54 Å². The quantitative estimate of drug-likeness (QED) is 0.795. The minimum absolute atomic E-state index is 0. The van der Waals surface area contributed by atoms with Gasteiger partial charge in [-0.25, -0.2) is 4.98 Å². The van der Waals surface area contributed by atoms with Crippen LogP contribution in [0.5, 0.6) is 0 Å². The summed E-state index contributed by atoms with van der Waals surface area (Å²) in [6.45, 7) is 2.34. The van der Waals surface area contributed by atoms with Crippen LogP contribution < -0.4 is 11.1 Å². The van der Waals surface area contributed by atoms with Crippen LogP contribution in [0.25, 0.3) is 11.3 Å². The third kappa shape index (κ3) is 7.03. The molecule has 0 unspecified atom stereocenters. The molecule has 1 heterocycles. The van der Waals surface area contributed by atoms with Gasteiger partial charge >= 0.3 is 0 Å². The maximum Gasteiger partial charge on any atom is 0.220 e. The average molecular weight is 360 g/mol. The Morgan fingerprint density at radius 2 is 2.00 bits per heavy atom. The normalized spacial score (nSPS) is 11.0. The highest BCUT2D eigenvalue weighted by Gasteiger charge is 2.08. The van der Waals surface area contributed by atoms with E-state index in [-0.39, 0.29) is 36.8 Å². The fourth-order valence-electron chi connectivity index (χ4n) is 1.97. The van der Waals surface area contributed by atoms with Gasteiger partial charge in [-0.2, -0.15) is 0 Å². The molecule has 0 spiro atoms. The summed E-state index contributed by atoms with van der Waals surface area (Å²) in [7, 11) is 0. The maximum atomic E-state index is 11.6. The number of carbonyl (C=O) groups is 1. The van der Waals surface area contributed by atoms with Gasteiger partial charge in [0.2, 0.25) is 5.91 Å². The van der Waals surface area contributed by atoms with E-state index in [2.05, 4.69) is 10.3 Å². The lowest BCUT2D eigenvalue weighted by atomic mass is 10.2. The minimum atomic E-state index is 0. The number of aromatic nitrogens is 1. The van der Waals surface area contributed by atoms with E-state index in [1.54, 1.807) is 6.20 Å². The van der Waals surface area contributed by atoms with Crippen molar-refractivity contribution in [3.05, 3.63) is 42.4 Å². The van der Waals surface area contributed by atoms with Gasteiger partial charge in [0.25, 0.3) is 0 Å². The van der Waals surface area contributed by atoms with Gasteiger partial charge in [-0.15, -0.1) is 24.8 Å². The van der Waals surface area contributed by atoms with E-state index in [0.29, 0.717) is 31.7 Å². The molecule has 0 saturated carbocycles. The number of nitrogens with two attached hydrogens (primary N) is 1. The van der Waals surface area contributed by atoms with Crippen molar-refractivity contribution in [2.24, 2.45) is 5.73 Å². The Balaban J connectivity index is 0.00000242. The number of nitrogens with zero attached hydrogens (tertiary/aromatic N) is 1. The van der Waals surface area contributed by atoms with Crippen LogP contribution in [0.15, 0.2) is 40.9 Å². The predicted molar refractivity (Wildman–Crippen MR) is 96.0 cm³/mol. The Morgan fingerprint density at radius 3 is 2.65 bits per heavy atom. The predicted octanol–water partition coefficient (Wildman–Crippen LogP) is 2.97. The van der Waals surface area contributed by atoms with Crippen LogP contribution in [0.2, 0.25) is 0 Å². The molecule has 0 aliphatic heterocycles. The van der Waals surface area contributed by atoms with Gasteiger partial charge in [-0.1, -0.05) is 30.3 Å². The number of carbonyl (C=O) groups excluding carboxylic acids is 1. The summed E-state index contributed by atoms with van der Waals surface area (Å²) in [5.74, 6) is 1.43. The van der Waals surface area contributed by atoms with Crippen LogP contribution in [0, 0.1) is 0 Å². The standard InChI is InChI=1S/C16H21N3O2.2ClH/c1-12(10-17)19-15(20)8-5-9-16-18-11-14(21-16)13-6-3-2-4-7-13;;/h2-4,6-7,11-12H,5,8-10,17H2,1H3,(H,19,20);2*1H/t12-;;/m0../s1. The largest absolute Gasteiger partial charge is 0.441 e. The molecule has 1 amide bonds. The van der Waals surface area contributed by atoms with E-state index >= 15 is 0 Å². The number of aryl methyl sites for hydroxylation is 1. The van der Waals surface area contributed by atoms with Gasteiger partial charge in [-0.05, 0) is 13.3 Å². The van der Waals surface area contributed by atoms with Gasteiger partial charge < -0.3 is 15.5 Å². The van der Waals surface area contributed by atoms with Crippen molar-refractivity contribution in [1.29, 1.82) is 0 Å². The first-order chi connectivity index (χ1) is 10.2. The highest BCUT2D eigenvalue weighted by molar-refractivity contribution is 5.85. The van der Waals surface area contributed by atoms with E-state index in [4.69, 9.17) is 10.2 Å². The van der Waals surface area contributed by atoms with Crippen LogP contribution in [0.4, 0.5) is 0 Å². The molecule has 3 N–H and O–H groups in total. The lowest BCUT2D eigenvalue weighted by Crippen LogP contribution is -2.37. The Labute approximate surface area is 148 Å². The van der Waals surface area contributed by atoms with E-state index in [0.717, 1.165) is 11.3 Å². The molecule has 0 aliphatic rings. The number of nitrogens with one attached hydrogen (secondary N) is 1. The first-order valence-corrected chi connectivity index (χ1v) is 7.18. The van der Waals surface area contributed by atoms with E-state index in [1.165, 1.54) is 0 Å². The highest BCUT2D eigenvalue weighted by Crippen LogP contribution is 2.20. The molecule has 128 valence electrons. The topological polar surface area (TPSA) is 81.1 Å². The minimum Gasteiger partial charge on any atom is -0.441 e. The zero-order chi connectivity index (χ0) is 15.1. The van der Waals surface area contributed by atoms with Gasteiger partial charge in [0.1, 0.15) is 0 Å². The average Bonchev–Trinajstić information content (AvgIpc) is 2.97. The van der Waals surface area contributed by atoms with Crippen molar-refractivity contribution >= 4 is 30.7 Å². The Bertz CT molecular complexity index is 576. The van der Waals surface area contributed by atoms with Crippen molar-refractivity contribution in [1.82, 2.24) is 10.3 Å². The number of oxazole rings is 1. The number of amides is 1. The zero-order valence-corrected chi connectivity index (χ0v) is 14.7. The second-order valence-corrected chi connectivity index (χ2v) is 5.04. The fourth-order valence-corrected chi connectivity index (χ4v) is 1.97. The molecule has 0 bridgehead atoms. The second kappa shape index (κ2) is 11.0. The first-order valence-electron chi connectivity index (χ1n) is 7.18. The summed E-state index contributed by atoms with van der Waals surface area (Å²) < 4.78 is 5.69. The van der Waals surface area contributed by atoms with Gasteiger partial charge in [0.05, 0.1) is 6.20 Å². The summed E-state index contributed by atoms with van der Waals surface area (Å²) in [5, 5.41) is 2.83. The monoisotopic (exact) mass is 359 g/mol. The van der Waals surface area contributed by atoms with Gasteiger partial charge in [-0.3, -0.25) is 4.79 Å². The highest BCUT2D eigenvalue weighted by atomic mass is 35.5. The molecule has 2 rings (SSSR count). The fraction of sp³-hybridized carbons (Fsp3) is 0.375. The summed E-state index contributed by atoms with van der Waals surface area (Å²) in [6.07, 6.45) is 3.53. The van der Waals surface area contributed by atoms with Crippen LogP contribution in [-0.2, 0) is 11.2 Å². The molecule has 0 aliphatic carbocycles. The molecule has 0 fully saturated rings. The lowest BCUT2D eigenvalue weighted by Gasteiger charge is -2.10. The van der Waals surface area contributed by atoms with Gasteiger partial charge in [0.15, 0.2) is 11.7 Å². The second-order valence-electron chi connectivity index (χ2n) is 5.04. The third-order valence-electron chi connectivity index (χ3n) is 3.17. The lowest BCUT2D eigenvalue weighted by molar-refractivity contribution is -0.121. The molecular formula is C16H23Cl2N3O2. The molecule has 5 nitrogen and oxygen atoms in total. The summed E-state index contributed by atoms with van der Waals surface area (Å²) >= 11 is 0. The maximum absolute atomic E-state index is 11.6. The summed E-state index contributed by atoms with van der Waals surface area (Å²) in [5.41, 5.74) is 6.46. The van der Waals surface area contributed by atoms with Crippen molar-refractivity contribution < 1.29 is 9.21 Å². The Kier molecular flexibility index (Phi) is 10.3. The number of hydrogen-bond acceptors (Lipinski definition) is 4. The molecule has 1 aromatic carbocycles. The van der Waals surface area contributed by atoms with Crippen LogP contribution in [-0.4, -0.2) is 23.5 Å². The smallest absolute Gasteiger partial charge is 0.220 e. The van der Waals surface area contributed by atoms with Crippen LogP contribution >= 0.6 is 24.8 Å². The molecule has 1 atom stereocenters. The number of rotatable bonds is 7. The van der Waals surface area contributed by atoms with Crippen molar-refractivity contribution in [3.63, 3.8) is 0 Å². The van der Waals surface area contributed by atoms with Gasteiger partial charge in [0, 0.05) is 31.0 Å². The molecule has 23 heavy (non-hydrogen) atoms. The summed E-state index contributed by atoms with van der Waals surface area (Å²) in [6, 6.07) is 9.85. The Hall–Kier alpha value is -1.56. The molecule has 2 aromatic rings. The zero-order valence-electron chi connectivity index (χ0n) is 13.0. The number of halogens is 2. The number of hydrogen-bond donors (Lipinski definition) is 2. The summed E-state index contributed by atoms with van der Waals surface area (Å²) in [4.78, 5) is 15.9. The molecular weight excluding hydrogens is 337 g/mol. The molecule has 1 aromatic heterocycles. The molecule has 0 saturated heterocycles. The van der Waals surface area contributed by atoms with Crippen LogP contribution in [0.1, 0.15) is 25.7 Å². The van der Waals surface area contributed by atoms with E-state index < -0.39 is 0 Å². The van der Waals surface area contributed by atoms with Crippen molar-refractivity contribution in [3.8, 4) is 11.3 Å². The number of benzene rings is 1. The van der Waals surface area contributed by atoms with Crippen LogP contribution in [0.3, 0.4) is 0 Å².